The minimum absolute atomic E-state index is 0.113. The van der Waals surface area contributed by atoms with E-state index in [0.717, 1.165) is 31.2 Å². The van der Waals surface area contributed by atoms with Gasteiger partial charge in [0.2, 0.25) is 5.91 Å². The lowest BCUT2D eigenvalue weighted by atomic mass is 9.95. The predicted molar refractivity (Wildman–Crippen MR) is 126 cm³/mol. The third-order valence-corrected chi connectivity index (χ3v) is 5.46. The number of rotatable bonds is 5. The van der Waals surface area contributed by atoms with Crippen molar-refractivity contribution in [1.29, 1.82) is 0 Å². The average molecular weight is 442 g/mol. The summed E-state index contributed by atoms with van der Waals surface area (Å²) >= 11 is 11.3. The third kappa shape index (κ3) is 6.40. The second kappa shape index (κ2) is 10.9. The van der Waals surface area contributed by atoms with Gasteiger partial charge in [0, 0.05) is 17.1 Å². The molecule has 156 valence electrons. The molecule has 1 aliphatic carbocycles. The number of hydrogen-bond acceptors (Lipinski definition) is 3. The number of nitrogens with one attached hydrogen (secondary N) is 3. The summed E-state index contributed by atoms with van der Waals surface area (Å²) in [5.74, 6) is -0.533. The Balaban J connectivity index is 1.59. The van der Waals surface area contributed by atoms with Crippen molar-refractivity contribution in [3.63, 3.8) is 0 Å². The van der Waals surface area contributed by atoms with E-state index in [-0.39, 0.29) is 17.1 Å². The normalized spacial score (nSPS) is 14.3. The lowest BCUT2D eigenvalue weighted by molar-refractivity contribution is -0.115. The number of para-hydroxylation sites is 1. The zero-order valence-corrected chi connectivity index (χ0v) is 18.1. The number of thiocarbonyl (C=S) groups is 1. The summed E-state index contributed by atoms with van der Waals surface area (Å²) in [6, 6.07) is 14.5. The van der Waals surface area contributed by atoms with E-state index >= 15 is 0 Å². The zero-order valence-electron chi connectivity index (χ0n) is 16.5. The number of carbonyl (C=O) groups is 2. The van der Waals surface area contributed by atoms with Crippen molar-refractivity contribution in [3.8, 4) is 0 Å². The summed E-state index contributed by atoms with van der Waals surface area (Å²) in [4.78, 5) is 24.9. The van der Waals surface area contributed by atoms with Gasteiger partial charge in [-0.05, 0) is 54.9 Å². The van der Waals surface area contributed by atoms with Gasteiger partial charge in [-0.2, -0.15) is 0 Å². The lowest BCUT2D eigenvalue weighted by Crippen LogP contribution is -2.37. The largest absolute Gasteiger partial charge is 0.349 e. The fourth-order valence-corrected chi connectivity index (χ4v) is 3.79. The van der Waals surface area contributed by atoms with Crippen LogP contribution in [-0.2, 0) is 4.79 Å². The summed E-state index contributed by atoms with van der Waals surface area (Å²) in [5.41, 5.74) is 1.77. The molecule has 0 unspecified atom stereocenters. The van der Waals surface area contributed by atoms with Gasteiger partial charge in [-0.3, -0.25) is 14.9 Å². The maximum absolute atomic E-state index is 12.7. The van der Waals surface area contributed by atoms with Gasteiger partial charge in [-0.15, -0.1) is 0 Å². The van der Waals surface area contributed by atoms with Gasteiger partial charge < -0.3 is 10.6 Å². The van der Waals surface area contributed by atoms with Crippen LogP contribution in [0.3, 0.4) is 0 Å². The first kappa shape index (κ1) is 22.0. The molecule has 2 aromatic rings. The fraction of sp³-hybridized carbons (Fsp3) is 0.261. The first-order valence-electron chi connectivity index (χ1n) is 9.97. The first-order valence-corrected chi connectivity index (χ1v) is 10.8. The van der Waals surface area contributed by atoms with Crippen molar-refractivity contribution in [3.05, 3.63) is 70.8 Å². The molecule has 5 nitrogen and oxygen atoms in total. The van der Waals surface area contributed by atoms with E-state index in [4.69, 9.17) is 23.8 Å². The molecule has 0 bridgehead atoms. The highest BCUT2D eigenvalue weighted by Gasteiger charge is 2.18. The highest BCUT2D eigenvalue weighted by atomic mass is 35.5. The summed E-state index contributed by atoms with van der Waals surface area (Å²) in [7, 11) is 0. The van der Waals surface area contributed by atoms with Crippen LogP contribution < -0.4 is 16.0 Å². The quantitative estimate of drug-likeness (QED) is 0.454. The zero-order chi connectivity index (χ0) is 21.3. The van der Waals surface area contributed by atoms with Crippen molar-refractivity contribution < 1.29 is 9.59 Å². The molecule has 0 aliphatic heterocycles. The highest BCUT2D eigenvalue weighted by molar-refractivity contribution is 7.80. The number of benzene rings is 2. The van der Waals surface area contributed by atoms with E-state index in [1.54, 1.807) is 30.3 Å². The summed E-state index contributed by atoms with van der Waals surface area (Å²) in [5, 5.41) is 9.30. The van der Waals surface area contributed by atoms with E-state index in [9.17, 15) is 9.59 Å². The van der Waals surface area contributed by atoms with E-state index in [1.807, 2.05) is 24.3 Å². The van der Waals surface area contributed by atoms with E-state index in [2.05, 4.69) is 16.0 Å². The molecule has 1 saturated carbocycles. The number of hydrogen-bond donors (Lipinski definition) is 3. The minimum atomic E-state index is -0.392. The fourth-order valence-electron chi connectivity index (χ4n) is 3.38. The van der Waals surface area contributed by atoms with E-state index in [0.29, 0.717) is 16.3 Å². The molecule has 0 saturated heterocycles. The summed E-state index contributed by atoms with van der Waals surface area (Å²) in [6.07, 6.45) is 8.50. The molecule has 0 spiro atoms. The van der Waals surface area contributed by atoms with Crippen LogP contribution in [0.1, 0.15) is 48.0 Å². The summed E-state index contributed by atoms with van der Waals surface area (Å²) < 4.78 is 0. The molecule has 1 aliphatic rings. The summed E-state index contributed by atoms with van der Waals surface area (Å²) in [6.45, 7) is 0. The molecule has 0 aromatic heterocycles. The molecule has 0 atom stereocenters. The Kier molecular flexibility index (Phi) is 7.99. The van der Waals surface area contributed by atoms with Gasteiger partial charge in [0.05, 0.1) is 11.3 Å². The predicted octanol–water partition coefficient (Wildman–Crippen LogP) is 4.93. The third-order valence-electron chi connectivity index (χ3n) is 4.92. The van der Waals surface area contributed by atoms with Gasteiger partial charge in [0.15, 0.2) is 5.11 Å². The molecule has 3 rings (SSSR count). The molecular formula is C23H24ClN3O2S. The molecule has 2 amide bonds. The van der Waals surface area contributed by atoms with Gasteiger partial charge >= 0.3 is 0 Å². The van der Waals surface area contributed by atoms with E-state index < -0.39 is 5.91 Å². The van der Waals surface area contributed by atoms with Crippen LogP contribution in [0.25, 0.3) is 6.08 Å². The van der Waals surface area contributed by atoms with Crippen molar-refractivity contribution in [2.24, 2.45) is 0 Å². The Hall–Kier alpha value is -2.70. The standard InChI is InChI=1S/C23H24ClN3O2S/c24-19-12-6-4-8-16(19)14-15-21(28)27-23(30)26-20-13-7-5-11-18(20)22(29)25-17-9-2-1-3-10-17/h4-8,11-15,17H,1-3,9-10H2,(H,25,29)(H2,26,27,28,30). The Morgan fingerprint density at radius 3 is 2.47 bits per heavy atom. The van der Waals surface area contributed by atoms with Crippen LogP contribution in [0, 0.1) is 0 Å². The van der Waals surface area contributed by atoms with E-state index in [1.165, 1.54) is 12.5 Å². The van der Waals surface area contributed by atoms with Gasteiger partial charge in [-0.1, -0.05) is 61.2 Å². The Morgan fingerprint density at radius 2 is 1.70 bits per heavy atom. The number of anilines is 1. The van der Waals surface area contributed by atoms with Crippen LogP contribution in [-0.4, -0.2) is 23.0 Å². The van der Waals surface area contributed by atoms with Crippen LogP contribution >= 0.6 is 23.8 Å². The monoisotopic (exact) mass is 441 g/mol. The van der Waals surface area contributed by atoms with Crippen molar-refractivity contribution >= 4 is 52.5 Å². The Bertz CT molecular complexity index is 955. The van der Waals surface area contributed by atoms with Crippen LogP contribution in [0.5, 0.6) is 0 Å². The molecule has 30 heavy (non-hydrogen) atoms. The SMILES string of the molecule is O=C(C=Cc1ccccc1Cl)NC(=S)Nc1ccccc1C(=O)NC1CCCCC1. The number of halogens is 1. The molecule has 0 heterocycles. The molecule has 7 heteroatoms. The van der Waals surface area contributed by atoms with Crippen molar-refractivity contribution in [1.82, 2.24) is 10.6 Å². The Morgan fingerprint density at radius 1 is 1.00 bits per heavy atom. The first-order chi connectivity index (χ1) is 14.5. The molecule has 3 N–H and O–H groups in total. The maximum atomic E-state index is 12.7. The molecule has 1 fully saturated rings. The van der Waals surface area contributed by atoms with Crippen LogP contribution in [0.4, 0.5) is 5.69 Å². The minimum Gasteiger partial charge on any atom is -0.349 e. The van der Waals surface area contributed by atoms with Gasteiger partial charge in [0.25, 0.3) is 5.91 Å². The maximum Gasteiger partial charge on any atom is 0.253 e. The van der Waals surface area contributed by atoms with Crippen LogP contribution in [0.2, 0.25) is 5.02 Å². The second-order valence-electron chi connectivity index (χ2n) is 7.15. The van der Waals surface area contributed by atoms with Gasteiger partial charge in [-0.25, -0.2) is 0 Å². The smallest absolute Gasteiger partial charge is 0.253 e. The second-order valence-corrected chi connectivity index (χ2v) is 7.97. The molecule has 2 aromatic carbocycles. The molecule has 0 radical (unpaired) electrons. The average Bonchev–Trinajstić information content (AvgIpc) is 2.74. The highest BCUT2D eigenvalue weighted by Crippen LogP contribution is 2.20. The Labute approximate surface area is 186 Å². The van der Waals surface area contributed by atoms with Crippen molar-refractivity contribution in [2.45, 2.75) is 38.1 Å². The molecular weight excluding hydrogens is 418 g/mol. The topological polar surface area (TPSA) is 70.2 Å². The van der Waals surface area contributed by atoms with Crippen LogP contribution in [0.15, 0.2) is 54.6 Å². The van der Waals surface area contributed by atoms with Gasteiger partial charge in [0.1, 0.15) is 0 Å². The number of amides is 2. The van der Waals surface area contributed by atoms with Crippen molar-refractivity contribution in [2.75, 3.05) is 5.32 Å². The lowest BCUT2D eigenvalue weighted by Gasteiger charge is -2.23. The number of carbonyl (C=O) groups excluding carboxylic acids is 2.